The van der Waals surface area contributed by atoms with Gasteiger partial charge >= 0.3 is 0 Å². The smallest absolute Gasteiger partial charge is 0.191 e. The molecule has 12 heavy (non-hydrogen) atoms. The molecule has 0 saturated heterocycles. The van der Waals surface area contributed by atoms with Gasteiger partial charge in [-0.3, -0.25) is 9.78 Å². The molecule has 0 spiro atoms. The zero-order valence-electron chi connectivity index (χ0n) is 5.96. The molecule has 0 amide bonds. The largest absolute Gasteiger partial charge is 0.291 e. The Morgan fingerprint density at radius 3 is 2.58 bits per heavy atom. The summed E-state index contributed by atoms with van der Waals surface area (Å²) in [6, 6.07) is 3.48. The van der Waals surface area contributed by atoms with Crippen molar-refractivity contribution < 1.29 is 4.79 Å². The molecule has 1 aromatic rings. The monoisotopic (exact) mass is 357 g/mol. The number of nitrogens with zero attached hydrogens (tertiary/aromatic N) is 1. The van der Waals surface area contributed by atoms with Crippen molar-refractivity contribution in [3.8, 4) is 0 Å². The Morgan fingerprint density at radius 2 is 2.17 bits per heavy atom. The number of hydrogen-bond acceptors (Lipinski definition) is 2. The molecule has 0 bridgehead atoms. The molecule has 0 unspecified atom stereocenters. The maximum atomic E-state index is 11.0. The zero-order chi connectivity index (χ0) is 8.27. The first kappa shape index (κ1) is 12.3. The fraction of sp³-hybridized carbons (Fsp3) is 0.143. The highest BCUT2D eigenvalue weighted by Crippen LogP contribution is 2.08. The summed E-state index contributed by atoms with van der Waals surface area (Å²) in [6.07, 6.45) is 1.61. The molecule has 0 radical (unpaired) electrons. The molecule has 1 aromatic heterocycles. The summed E-state index contributed by atoms with van der Waals surface area (Å²) in [7, 11) is 0. The lowest BCUT2D eigenvalue weighted by Gasteiger charge is -1.94. The second-order valence-electron chi connectivity index (χ2n) is 1.92. The first-order chi connectivity index (χ1) is 5.24. The molecule has 0 aromatic carbocycles. The average molecular weight is 360 g/mol. The van der Waals surface area contributed by atoms with Crippen molar-refractivity contribution in [1.29, 1.82) is 0 Å². The minimum Gasteiger partial charge on any atom is -0.291 e. The Bertz CT molecular complexity index is 260. The van der Waals surface area contributed by atoms with Crippen LogP contribution in [-0.2, 0) is 0 Å². The van der Waals surface area contributed by atoms with Crippen LogP contribution in [0.2, 0.25) is 0 Å². The molecule has 0 aliphatic carbocycles. The zero-order valence-corrected chi connectivity index (χ0v) is 10.8. The van der Waals surface area contributed by atoms with E-state index in [0.29, 0.717) is 11.0 Å². The summed E-state index contributed by atoms with van der Waals surface area (Å²) in [5.74, 6) is -0.00231. The van der Waals surface area contributed by atoms with Gasteiger partial charge in [-0.1, -0.05) is 15.9 Å². The summed E-state index contributed by atoms with van der Waals surface area (Å²) >= 11 is 6.30. The number of Topliss-reactive ketones (excluding diaryl/α,β-unsaturated/α-hetero) is 1. The van der Waals surface area contributed by atoms with Crippen LogP contribution < -0.4 is 0 Å². The number of hydrogen-bond donors (Lipinski definition) is 0. The lowest BCUT2D eigenvalue weighted by molar-refractivity contribution is 0.101. The van der Waals surface area contributed by atoms with E-state index in [2.05, 4.69) is 36.8 Å². The fourth-order valence-electron chi connectivity index (χ4n) is 0.609. The minimum absolute atomic E-state index is 0. The molecule has 2 nitrogen and oxygen atoms in total. The van der Waals surface area contributed by atoms with Crippen molar-refractivity contribution >= 4 is 54.6 Å². The van der Waals surface area contributed by atoms with Crippen LogP contribution in [-0.4, -0.2) is 16.1 Å². The molecule has 0 saturated carbocycles. The first-order valence-corrected chi connectivity index (χ1v) is 4.86. The number of carbonyl (C=O) groups is 1. The van der Waals surface area contributed by atoms with E-state index < -0.39 is 0 Å². The highest BCUT2D eigenvalue weighted by Gasteiger charge is 2.03. The Kier molecular flexibility index (Phi) is 5.96. The van der Waals surface area contributed by atoms with Gasteiger partial charge in [0, 0.05) is 10.7 Å². The Labute approximate surface area is 97.8 Å². The van der Waals surface area contributed by atoms with E-state index in [9.17, 15) is 4.79 Å². The number of aromatic nitrogens is 1. The maximum absolute atomic E-state index is 11.0. The van der Waals surface area contributed by atoms with Crippen molar-refractivity contribution in [1.82, 2.24) is 4.98 Å². The highest BCUT2D eigenvalue weighted by atomic mass is 79.9. The SMILES string of the molecule is Br.O=C(CBr)c1ccc(Br)cn1. The van der Waals surface area contributed by atoms with Gasteiger partial charge in [-0.2, -0.15) is 0 Å². The van der Waals surface area contributed by atoms with Crippen molar-refractivity contribution in [2.45, 2.75) is 0 Å². The topological polar surface area (TPSA) is 30.0 Å². The predicted octanol–water partition coefficient (Wildman–Crippen LogP) is 3.00. The van der Waals surface area contributed by atoms with Crippen LogP contribution in [0.4, 0.5) is 0 Å². The van der Waals surface area contributed by atoms with Gasteiger partial charge in [0.05, 0.1) is 5.33 Å². The molecule has 0 fully saturated rings. The van der Waals surface area contributed by atoms with E-state index in [-0.39, 0.29) is 22.8 Å². The normalized spacial score (nSPS) is 8.83. The van der Waals surface area contributed by atoms with Crippen molar-refractivity contribution in [3.05, 3.63) is 28.5 Å². The van der Waals surface area contributed by atoms with Gasteiger partial charge in [0.15, 0.2) is 5.78 Å². The average Bonchev–Trinajstić information content (AvgIpc) is 2.05. The second kappa shape index (κ2) is 5.83. The highest BCUT2D eigenvalue weighted by molar-refractivity contribution is 9.10. The first-order valence-electron chi connectivity index (χ1n) is 2.95. The van der Waals surface area contributed by atoms with Gasteiger partial charge in [-0.15, -0.1) is 17.0 Å². The Balaban J connectivity index is 0.00000121. The van der Waals surface area contributed by atoms with Crippen molar-refractivity contribution in [2.75, 3.05) is 5.33 Å². The maximum Gasteiger partial charge on any atom is 0.191 e. The van der Waals surface area contributed by atoms with Crippen LogP contribution in [0.15, 0.2) is 22.8 Å². The van der Waals surface area contributed by atoms with Gasteiger partial charge in [-0.25, -0.2) is 0 Å². The van der Waals surface area contributed by atoms with Crippen LogP contribution in [0.3, 0.4) is 0 Å². The van der Waals surface area contributed by atoms with Crippen LogP contribution in [0.1, 0.15) is 10.5 Å². The summed E-state index contributed by atoms with van der Waals surface area (Å²) in [4.78, 5) is 14.9. The standard InChI is InChI=1S/C7H5Br2NO.BrH/c8-3-7(11)6-2-1-5(9)4-10-6;/h1-2,4H,3H2;1H. The quantitative estimate of drug-likeness (QED) is 0.600. The van der Waals surface area contributed by atoms with Gasteiger partial charge in [0.1, 0.15) is 5.69 Å². The van der Waals surface area contributed by atoms with Crippen molar-refractivity contribution in [3.63, 3.8) is 0 Å². The van der Waals surface area contributed by atoms with Crippen LogP contribution in [0.25, 0.3) is 0 Å². The Morgan fingerprint density at radius 1 is 1.50 bits per heavy atom. The number of carbonyl (C=O) groups excluding carboxylic acids is 1. The van der Waals surface area contributed by atoms with E-state index in [1.807, 2.05) is 0 Å². The number of rotatable bonds is 2. The number of ketones is 1. The van der Waals surface area contributed by atoms with Crippen molar-refractivity contribution in [2.24, 2.45) is 0 Å². The molecule has 5 heteroatoms. The predicted molar refractivity (Wildman–Crippen MR) is 60.4 cm³/mol. The molecule has 0 N–H and O–H groups in total. The van der Waals surface area contributed by atoms with E-state index >= 15 is 0 Å². The number of pyridine rings is 1. The minimum atomic E-state index is -0.00231. The molecular weight excluding hydrogens is 354 g/mol. The lowest BCUT2D eigenvalue weighted by Crippen LogP contribution is -2.01. The number of alkyl halides is 1. The molecule has 0 atom stereocenters. The molecule has 0 aliphatic heterocycles. The second-order valence-corrected chi connectivity index (χ2v) is 3.39. The molecule has 1 heterocycles. The third-order valence-corrected chi connectivity index (χ3v) is 2.11. The lowest BCUT2D eigenvalue weighted by atomic mass is 10.3. The summed E-state index contributed by atoms with van der Waals surface area (Å²) < 4.78 is 0.878. The third-order valence-electron chi connectivity index (χ3n) is 1.13. The van der Waals surface area contributed by atoms with E-state index in [0.717, 1.165) is 4.47 Å². The van der Waals surface area contributed by atoms with Gasteiger partial charge in [0.25, 0.3) is 0 Å². The fourth-order valence-corrected chi connectivity index (χ4v) is 1.13. The van der Waals surface area contributed by atoms with Gasteiger partial charge in [-0.05, 0) is 28.1 Å². The Hall–Kier alpha value is 0.260. The van der Waals surface area contributed by atoms with E-state index in [1.165, 1.54) is 0 Å². The summed E-state index contributed by atoms with van der Waals surface area (Å²) in [6.45, 7) is 0. The summed E-state index contributed by atoms with van der Waals surface area (Å²) in [5, 5.41) is 0.321. The van der Waals surface area contributed by atoms with Gasteiger partial charge in [0.2, 0.25) is 0 Å². The third kappa shape index (κ3) is 3.33. The van der Waals surface area contributed by atoms with Crippen LogP contribution >= 0.6 is 48.8 Å². The van der Waals surface area contributed by atoms with Crippen LogP contribution in [0.5, 0.6) is 0 Å². The van der Waals surface area contributed by atoms with Gasteiger partial charge < -0.3 is 0 Å². The molecule has 1 rings (SSSR count). The van der Waals surface area contributed by atoms with E-state index in [4.69, 9.17) is 0 Å². The molecule has 0 aliphatic rings. The van der Waals surface area contributed by atoms with E-state index in [1.54, 1.807) is 18.3 Å². The van der Waals surface area contributed by atoms with Crippen LogP contribution in [0, 0.1) is 0 Å². The molecule has 66 valence electrons. The summed E-state index contributed by atoms with van der Waals surface area (Å²) in [5.41, 5.74) is 0.491. The molecular formula is C7H6Br3NO. The number of halogens is 3.